The van der Waals surface area contributed by atoms with Gasteiger partial charge in [0.25, 0.3) is 0 Å². The SMILES string of the molecule is CC#CCN(CCCOC(=O)CO)Cc1ccccc1. The molecule has 4 nitrogen and oxygen atoms in total. The highest BCUT2D eigenvalue weighted by Crippen LogP contribution is 2.04. The summed E-state index contributed by atoms with van der Waals surface area (Å²) in [5, 5.41) is 8.55. The van der Waals surface area contributed by atoms with Crippen molar-refractivity contribution in [1.82, 2.24) is 4.90 Å². The van der Waals surface area contributed by atoms with Crippen molar-refractivity contribution in [2.75, 3.05) is 26.3 Å². The van der Waals surface area contributed by atoms with E-state index in [-0.39, 0.29) is 0 Å². The maximum Gasteiger partial charge on any atom is 0.331 e. The van der Waals surface area contributed by atoms with Crippen LogP contribution in [0.2, 0.25) is 0 Å². The molecule has 20 heavy (non-hydrogen) atoms. The molecule has 0 bridgehead atoms. The van der Waals surface area contributed by atoms with Gasteiger partial charge in [0.1, 0.15) is 6.61 Å². The number of rotatable bonds is 8. The Hall–Kier alpha value is -1.83. The molecule has 0 aliphatic carbocycles. The van der Waals surface area contributed by atoms with Crippen LogP contribution in [0.25, 0.3) is 0 Å². The Bertz CT molecular complexity index is 448. The number of esters is 1. The number of aliphatic hydroxyl groups excluding tert-OH is 1. The van der Waals surface area contributed by atoms with E-state index in [0.717, 1.165) is 19.5 Å². The van der Waals surface area contributed by atoms with Gasteiger partial charge in [-0.1, -0.05) is 36.3 Å². The van der Waals surface area contributed by atoms with Crippen molar-refractivity contribution < 1.29 is 14.6 Å². The van der Waals surface area contributed by atoms with Crippen LogP contribution in [-0.2, 0) is 16.1 Å². The number of carbonyl (C=O) groups excluding carboxylic acids is 1. The molecule has 0 amide bonds. The van der Waals surface area contributed by atoms with Gasteiger partial charge >= 0.3 is 5.97 Å². The number of ether oxygens (including phenoxy) is 1. The molecular formula is C16H21NO3. The number of hydrogen-bond donors (Lipinski definition) is 1. The van der Waals surface area contributed by atoms with E-state index in [2.05, 4.69) is 28.9 Å². The molecule has 0 atom stereocenters. The van der Waals surface area contributed by atoms with Gasteiger partial charge in [-0.2, -0.15) is 0 Å². The average molecular weight is 275 g/mol. The molecular weight excluding hydrogens is 254 g/mol. The molecule has 0 aliphatic rings. The van der Waals surface area contributed by atoms with E-state index in [9.17, 15) is 4.79 Å². The van der Waals surface area contributed by atoms with Crippen LogP contribution in [0.5, 0.6) is 0 Å². The number of nitrogens with zero attached hydrogens (tertiary/aromatic N) is 1. The highest BCUT2D eigenvalue weighted by Gasteiger charge is 2.05. The zero-order chi connectivity index (χ0) is 14.6. The fourth-order valence-electron chi connectivity index (χ4n) is 1.77. The third-order valence-electron chi connectivity index (χ3n) is 2.74. The van der Waals surface area contributed by atoms with Crippen molar-refractivity contribution in [3.8, 4) is 11.8 Å². The zero-order valence-corrected chi connectivity index (χ0v) is 11.8. The highest BCUT2D eigenvalue weighted by molar-refractivity contribution is 5.70. The molecule has 0 saturated carbocycles. The van der Waals surface area contributed by atoms with Crippen molar-refractivity contribution in [2.45, 2.75) is 19.9 Å². The van der Waals surface area contributed by atoms with E-state index in [1.165, 1.54) is 5.56 Å². The molecule has 0 heterocycles. The normalized spacial score (nSPS) is 9.95. The first-order valence-corrected chi connectivity index (χ1v) is 6.68. The zero-order valence-electron chi connectivity index (χ0n) is 11.8. The van der Waals surface area contributed by atoms with Crippen molar-refractivity contribution >= 4 is 5.97 Å². The Labute approximate surface area is 120 Å². The van der Waals surface area contributed by atoms with Gasteiger partial charge in [-0.05, 0) is 18.9 Å². The Morgan fingerprint density at radius 1 is 1.35 bits per heavy atom. The first kappa shape index (κ1) is 16.2. The predicted octanol–water partition coefficient (Wildman–Crippen LogP) is 1.44. The summed E-state index contributed by atoms with van der Waals surface area (Å²) >= 11 is 0. The van der Waals surface area contributed by atoms with E-state index in [0.29, 0.717) is 13.2 Å². The second-order valence-corrected chi connectivity index (χ2v) is 4.36. The van der Waals surface area contributed by atoms with Crippen LogP contribution < -0.4 is 0 Å². The molecule has 0 aliphatic heterocycles. The fraction of sp³-hybridized carbons (Fsp3) is 0.438. The summed E-state index contributed by atoms with van der Waals surface area (Å²) in [5.74, 6) is 5.37. The minimum absolute atomic E-state index is 0.324. The lowest BCUT2D eigenvalue weighted by molar-refractivity contribution is -0.147. The van der Waals surface area contributed by atoms with Gasteiger partial charge in [-0.3, -0.25) is 4.90 Å². The van der Waals surface area contributed by atoms with Crippen molar-refractivity contribution in [3.05, 3.63) is 35.9 Å². The van der Waals surface area contributed by atoms with E-state index in [4.69, 9.17) is 9.84 Å². The molecule has 1 N–H and O–H groups in total. The van der Waals surface area contributed by atoms with Gasteiger partial charge in [0.05, 0.1) is 13.2 Å². The smallest absolute Gasteiger partial charge is 0.331 e. The molecule has 0 spiro atoms. The molecule has 0 unspecified atom stereocenters. The Morgan fingerprint density at radius 3 is 2.75 bits per heavy atom. The summed E-state index contributed by atoms with van der Waals surface area (Å²) in [6, 6.07) is 10.2. The minimum Gasteiger partial charge on any atom is -0.464 e. The molecule has 0 fully saturated rings. The van der Waals surface area contributed by atoms with Crippen LogP contribution in [-0.4, -0.2) is 42.3 Å². The molecule has 0 radical (unpaired) electrons. The maximum absolute atomic E-state index is 10.8. The second-order valence-electron chi connectivity index (χ2n) is 4.36. The lowest BCUT2D eigenvalue weighted by Crippen LogP contribution is -2.26. The largest absolute Gasteiger partial charge is 0.464 e. The Kier molecular flexibility index (Phi) is 8.13. The molecule has 0 aromatic heterocycles. The standard InChI is InChI=1S/C16H21NO3/c1-2-3-10-17(11-7-12-20-16(19)14-18)13-15-8-5-4-6-9-15/h4-6,8-9,18H,7,10-14H2,1H3. The van der Waals surface area contributed by atoms with Crippen molar-refractivity contribution in [1.29, 1.82) is 0 Å². The molecule has 0 saturated heterocycles. The van der Waals surface area contributed by atoms with Crippen molar-refractivity contribution in [2.24, 2.45) is 0 Å². The summed E-state index contributed by atoms with van der Waals surface area (Å²) in [6.07, 6.45) is 0.726. The van der Waals surface area contributed by atoms with E-state index in [1.807, 2.05) is 25.1 Å². The number of benzene rings is 1. The first-order chi connectivity index (χ1) is 9.76. The molecule has 1 aromatic carbocycles. The topological polar surface area (TPSA) is 49.8 Å². The third kappa shape index (κ3) is 6.93. The summed E-state index contributed by atoms with van der Waals surface area (Å²) in [5.41, 5.74) is 1.23. The van der Waals surface area contributed by atoms with Crippen LogP contribution in [0.4, 0.5) is 0 Å². The second kappa shape index (κ2) is 10.0. The monoisotopic (exact) mass is 275 g/mol. The molecule has 108 valence electrons. The number of carbonyl (C=O) groups is 1. The highest BCUT2D eigenvalue weighted by atomic mass is 16.5. The van der Waals surface area contributed by atoms with Crippen LogP contribution in [0.3, 0.4) is 0 Å². The maximum atomic E-state index is 10.8. The summed E-state index contributed by atoms with van der Waals surface area (Å²) in [7, 11) is 0. The quantitative estimate of drug-likeness (QED) is 0.443. The molecule has 1 aromatic rings. The lowest BCUT2D eigenvalue weighted by atomic mass is 10.2. The Balaban J connectivity index is 2.39. The van der Waals surface area contributed by atoms with Crippen molar-refractivity contribution in [3.63, 3.8) is 0 Å². The average Bonchev–Trinajstić information content (AvgIpc) is 2.49. The number of hydrogen-bond acceptors (Lipinski definition) is 4. The Morgan fingerprint density at radius 2 is 2.10 bits per heavy atom. The van der Waals surface area contributed by atoms with Crippen LogP contribution >= 0.6 is 0 Å². The van der Waals surface area contributed by atoms with Gasteiger partial charge < -0.3 is 9.84 Å². The van der Waals surface area contributed by atoms with Gasteiger partial charge in [-0.15, -0.1) is 5.92 Å². The first-order valence-electron chi connectivity index (χ1n) is 6.68. The summed E-state index contributed by atoms with van der Waals surface area (Å²) in [6.45, 7) is 3.90. The summed E-state index contributed by atoms with van der Waals surface area (Å²) in [4.78, 5) is 13.0. The van der Waals surface area contributed by atoms with Crippen LogP contribution in [0.1, 0.15) is 18.9 Å². The van der Waals surface area contributed by atoms with Gasteiger partial charge in [0.15, 0.2) is 0 Å². The minimum atomic E-state index is -0.576. The van der Waals surface area contributed by atoms with E-state index < -0.39 is 12.6 Å². The fourth-order valence-corrected chi connectivity index (χ4v) is 1.77. The van der Waals surface area contributed by atoms with Crippen LogP contribution in [0, 0.1) is 11.8 Å². The molecule has 1 rings (SSSR count). The molecule has 4 heteroatoms. The van der Waals surface area contributed by atoms with E-state index in [1.54, 1.807) is 0 Å². The van der Waals surface area contributed by atoms with Gasteiger partial charge in [0.2, 0.25) is 0 Å². The summed E-state index contributed by atoms with van der Waals surface area (Å²) < 4.78 is 4.84. The van der Waals surface area contributed by atoms with Crippen LogP contribution in [0.15, 0.2) is 30.3 Å². The van der Waals surface area contributed by atoms with Gasteiger partial charge in [-0.25, -0.2) is 4.79 Å². The van der Waals surface area contributed by atoms with E-state index >= 15 is 0 Å². The predicted molar refractivity (Wildman–Crippen MR) is 77.8 cm³/mol. The third-order valence-corrected chi connectivity index (χ3v) is 2.74. The lowest BCUT2D eigenvalue weighted by Gasteiger charge is -2.19. The number of aliphatic hydroxyl groups is 1. The van der Waals surface area contributed by atoms with Gasteiger partial charge in [0, 0.05) is 13.1 Å².